The lowest BCUT2D eigenvalue weighted by Gasteiger charge is -2.57. The van der Waals surface area contributed by atoms with Crippen LogP contribution in [0.5, 0.6) is 0 Å². The monoisotopic (exact) mass is 2130 g/mol. The van der Waals surface area contributed by atoms with Gasteiger partial charge in [-0.1, -0.05) is 201 Å². The summed E-state index contributed by atoms with van der Waals surface area (Å²) in [6.07, 6.45) is 6.53. The molecular weight excluding hydrogens is 1920 g/mol. The molecule has 12 heterocycles. The highest BCUT2D eigenvalue weighted by Gasteiger charge is 2.55. The minimum Gasteiger partial charge on any atom is -0.393 e. The van der Waals surface area contributed by atoms with Gasteiger partial charge in [0.05, 0.1) is 24.0 Å². The quantitative estimate of drug-likeness (QED) is 0.149. The van der Waals surface area contributed by atoms with Gasteiger partial charge in [-0.05, 0) is 284 Å². The highest BCUT2D eigenvalue weighted by Crippen LogP contribution is 2.52. The van der Waals surface area contributed by atoms with Gasteiger partial charge in [-0.25, -0.2) is 0 Å². The molecular formula is C118H211F9N10O12. The third kappa shape index (κ3) is 40.8. The first-order valence-corrected chi connectivity index (χ1v) is 57.8. The summed E-state index contributed by atoms with van der Waals surface area (Å²) in [6, 6.07) is 2.28. The van der Waals surface area contributed by atoms with Crippen LogP contribution in [0.25, 0.3) is 0 Å². The minimum absolute atomic E-state index is 0.00804. The Balaban J connectivity index is 0.000000257. The fraction of sp³-hybridized carbons (Fsp3) is 0.932. The Labute approximate surface area is 895 Å². The zero-order chi connectivity index (χ0) is 113. The van der Waals surface area contributed by atoms with Crippen molar-refractivity contribution in [2.45, 2.75) is 468 Å². The number of rotatable bonds is 10. The fourth-order valence-corrected chi connectivity index (χ4v) is 25.5. The van der Waals surface area contributed by atoms with Crippen LogP contribution in [-0.2, 0) is 43.1 Å². The van der Waals surface area contributed by atoms with Crippen LogP contribution in [0.2, 0.25) is 0 Å². The maximum absolute atomic E-state index is 12.5. The number of ether oxygens (including phenoxy) is 1. The van der Waals surface area contributed by atoms with E-state index < -0.39 is 49.0 Å². The molecule has 868 valence electrons. The van der Waals surface area contributed by atoms with E-state index in [-0.39, 0.29) is 107 Å². The van der Waals surface area contributed by atoms with Crippen molar-refractivity contribution in [1.82, 2.24) is 49.4 Å². The summed E-state index contributed by atoms with van der Waals surface area (Å²) in [6.45, 7) is 81.9. The van der Waals surface area contributed by atoms with Crippen LogP contribution in [0.15, 0.2) is 0 Å². The third-order valence-electron chi connectivity index (χ3n) is 36.7. The van der Waals surface area contributed by atoms with Crippen molar-refractivity contribution in [1.29, 1.82) is 0 Å². The molecule has 0 aromatic carbocycles. The lowest BCUT2D eigenvalue weighted by atomic mass is 9.63. The van der Waals surface area contributed by atoms with E-state index in [1.54, 1.807) is 18.9 Å². The number of hydrogen-bond acceptors (Lipinski definition) is 15. The van der Waals surface area contributed by atoms with Crippen LogP contribution in [0.4, 0.5) is 39.5 Å². The van der Waals surface area contributed by atoms with Gasteiger partial charge in [-0.15, -0.1) is 0 Å². The number of Topliss-reactive ketones (excluding diaryl/α,β-unsaturated/α-hetero) is 1. The molecule has 0 aromatic heterocycles. The molecule has 7 amide bonds. The summed E-state index contributed by atoms with van der Waals surface area (Å²) >= 11 is 0. The third-order valence-corrected chi connectivity index (χ3v) is 36.7. The second-order valence-corrected chi connectivity index (χ2v) is 56.1. The molecule has 15 aliphatic rings. The molecule has 3 saturated carbocycles. The number of carbonyl (C=O) groups excluding carboxylic acids is 8. The van der Waals surface area contributed by atoms with E-state index in [1.165, 1.54) is 82.4 Å². The van der Waals surface area contributed by atoms with E-state index in [1.807, 2.05) is 33.4 Å². The first-order chi connectivity index (χ1) is 68.3. The maximum Gasteiger partial charge on any atom is 0.423 e. The summed E-state index contributed by atoms with van der Waals surface area (Å²) in [5.74, 6) is 5.54. The van der Waals surface area contributed by atoms with E-state index in [0.717, 1.165) is 163 Å². The highest BCUT2D eigenvalue weighted by molar-refractivity contribution is 5.96. The van der Waals surface area contributed by atoms with Crippen molar-refractivity contribution in [3.05, 3.63) is 0 Å². The van der Waals surface area contributed by atoms with Gasteiger partial charge < -0.3 is 59.7 Å². The Hall–Kier alpha value is -4.95. The average molecular weight is 2130 g/mol. The number of amides is 7. The number of piperidine rings is 8. The molecule has 0 radical (unpaired) electrons. The normalized spacial score (nSPS) is 28.0. The molecule has 31 heteroatoms. The SMILES string of the molecule is CC.CC(=O)N1[C@@H]2CC[C@H]1CC(C(C)(C)C)C2.CC(C)(C)C1CCN(C(=O)C(O)C(F)(F)F)CC1.CC(C)(C)C1CCN(C(=O)C2CC(=O)C2)CC1.CC(C)(C)C1CCN(C(=O)C2CC(O)C2)CC1.CC(C)(C)C1CCN(C(=O)CC(F)(F)F)CC1.CC(C)(C)C1C[C@H]2CC[C@@H](C1)N2CC(O)C(F)(F)F.CCOC1CC(N2CCC(C(C)(C)C)CC2)C1(C)C.CN1CC(C(=O)N2CCC(C(C)(C)C)CC2)CC1=O.C[C@@H]1CCNC1. The average Bonchev–Trinajstić information content (AvgIpc) is 1.47. The van der Waals surface area contributed by atoms with Crippen LogP contribution >= 0.6 is 0 Å². The second-order valence-electron chi connectivity index (χ2n) is 56.1. The summed E-state index contributed by atoms with van der Waals surface area (Å²) in [5, 5.41) is 30.7. The van der Waals surface area contributed by atoms with Crippen molar-refractivity contribution in [3.8, 4) is 0 Å². The van der Waals surface area contributed by atoms with Crippen LogP contribution in [0.1, 0.15) is 394 Å². The second kappa shape index (κ2) is 55.5. The number of aliphatic hydroxyl groups excluding tert-OH is 3. The zero-order valence-electron chi connectivity index (χ0n) is 98.9. The Morgan fingerprint density at radius 1 is 0.423 bits per heavy atom. The van der Waals surface area contributed by atoms with E-state index in [0.29, 0.717) is 139 Å². The molecule has 0 aromatic rings. The Morgan fingerprint density at radius 3 is 1.03 bits per heavy atom. The molecule has 15 rings (SSSR count). The van der Waals surface area contributed by atoms with E-state index in [4.69, 9.17) is 9.84 Å². The standard InChI is InChI=1S/C17H33NO.C15H26N2O2.C14H24F3NO.C14H25NO2.C14H23NO2.C13H23NO.C12H20F3NO2.C12H20F3NO.C5H11N.C2H6/c1-7-19-15-12-14(17(15,5)6)18-10-8-13(9-11-18)16(2,3)4;1-15(2,3)12-5-7-17(8-6-12)14(19)11-9-13(18)16(4)10-11;1-13(2,3)9-6-10-4-5-11(7-9)18(10)8-12(19)14(15,16)17;2*1-14(2,3)11-4-6-15(7-5-11)13(17)10-8-12(16)9-10;1-9(15)14-11-5-6-12(14)8-10(7-11)13(2,3)4;1-11(2,3)8-4-6-16(7-5-8)10(18)9(17)12(13,14)15;1-11(2,3)9-4-6-16(7-5-9)10(17)8-12(13,14)15;1-5-2-3-6-4-5;1-2/h13-15H,7-12H2,1-6H3;11-12H,5-10H2,1-4H3;9-12,19H,4-8H2,1-3H3;10-12,16H,4-9H2,1-3H3;10-11H,4-9H2,1-3H3;10-12H,5-8H2,1-4H3;8-9,17H,4-7H2,1-3H3;9H,4-8H2,1-3H3;5-6H,2-4H2,1H3;1-2H3/t;;9?,10-,11+,12?;;;10?,11-,12+;;;5-;/m........1./s1. The minimum atomic E-state index is -4.88. The van der Waals surface area contributed by atoms with Gasteiger partial charge in [-0.3, -0.25) is 48.2 Å². The van der Waals surface area contributed by atoms with Crippen LogP contribution in [0, 0.1) is 120 Å². The molecule has 12 aliphatic heterocycles. The van der Waals surface area contributed by atoms with Gasteiger partial charge in [0.15, 0.2) is 6.10 Å². The molecule has 15 fully saturated rings. The summed E-state index contributed by atoms with van der Waals surface area (Å²) in [4.78, 5) is 110. The predicted octanol–water partition coefficient (Wildman–Crippen LogP) is 23.1. The Bertz CT molecular complexity index is 4040. The number of hydrogen-bond donors (Lipinski definition) is 4. The van der Waals surface area contributed by atoms with Crippen LogP contribution in [0.3, 0.4) is 0 Å². The van der Waals surface area contributed by atoms with Crippen molar-refractivity contribution in [2.75, 3.05) is 118 Å². The van der Waals surface area contributed by atoms with Gasteiger partial charge in [0.2, 0.25) is 41.5 Å². The molecule has 22 nitrogen and oxygen atoms in total. The first kappa shape index (κ1) is 133. The predicted molar refractivity (Wildman–Crippen MR) is 577 cm³/mol. The van der Waals surface area contributed by atoms with Gasteiger partial charge in [-0.2, -0.15) is 39.5 Å². The number of fused-ring (bicyclic) bond motifs is 4. The number of alkyl halides is 9. The molecule has 4 N–H and O–H groups in total. The number of halogens is 9. The number of carbonyl (C=O) groups is 8. The largest absolute Gasteiger partial charge is 0.423 e. The van der Waals surface area contributed by atoms with Gasteiger partial charge >= 0.3 is 18.5 Å². The fourth-order valence-electron chi connectivity index (χ4n) is 25.5. The van der Waals surface area contributed by atoms with Crippen molar-refractivity contribution >= 4 is 47.1 Å². The van der Waals surface area contributed by atoms with E-state index in [2.05, 4.69) is 209 Å². The molecule has 0 spiro atoms. The summed E-state index contributed by atoms with van der Waals surface area (Å²) in [7, 11) is 1.78. The molecule has 12 saturated heterocycles. The lowest BCUT2D eigenvalue weighted by Crippen LogP contribution is -2.63. The highest BCUT2D eigenvalue weighted by atomic mass is 19.4. The van der Waals surface area contributed by atoms with Gasteiger partial charge in [0, 0.05) is 160 Å². The number of aliphatic hydroxyl groups is 3. The number of ketones is 1. The lowest BCUT2D eigenvalue weighted by molar-refractivity contribution is -0.211. The summed E-state index contributed by atoms with van der Waals surface area (Å²) in [5.41, 5.74) is 2.75. The Kier molecular flexibility index (Phi) is 49.4. The molecule has 7 unspecified atom stereocenters. The molecule has 4 bridgehead atoms. The number of nitrogens with zero attached hydrogens (tertiary/aromatic N) is 9. The molecule has 149 heavy (non-hydrogen) atoms. The van der Waals surface area contributed by atoms with Crippen molar-refractivity contribution < 1.29 is 97.9 Å². The first-order valence-electron chi connectivity index (χ1n) is 57.8. The molecule has 12 atom stereocenters. The number of likely N-dealkylation sites (tertiary alicyclic amines) is 7. The maximum atomic E-state index is 12.5. The van der Waals surface area contributed by atoms with Crippen molar-refractivity contribution in [2.24, 2.45) is 120 Å². The van der Waals surface area contributed by atoms with Gasteiger partial charge in [0.25, 0.3) is 5.91 Å². The topological polar surface area (TPSA) is 248 Å². The Morgan fingerprint density at radius 2 is 0.752 bits per heavy atom. The zero-order valence-corrected chi connectivity index (χ0v) is 98.9. The van der Waals surface area contributed by atoms with Crippen LogP contribution < -0.4 is 5.32 Å². The van der Waals surface area contributed by atoms with E-state index >= 15 is 0 Å². The smallest absolute Gasteiger partial charge is 0.393 e. The van der Waals surface area contributed by atoms with Crippen LogP contribution in [-0.4, -0.2) is 298 Å². The van der Waals surface area contributed by atoms with E-state index in [9.17, 15) is 88.1 Å². The van der Waals surface area contributed by atoms with Gasteiger partial charge in [0.1, 0.15) is 12.2 Å². The summed E-state index contributed by atoms with van der Waals surface area (Å²) < 4.78 is 116. The molecule has 3 aliphatic carbocycles. The number of nitrogens with one attached hydrogen (secondary N) is 1. The van der Waals surface area contributed by atoms with Crippen molar-refractivity contribution in [3.63, 3.8) is 0 Å².